The summed E-state index contributed by atoms with van der Waals surface area (Å²) in [5.74, 6) is 4.05. The van der Waals surface area contributed by atoms with Crippen molar-refractivity contribution in [3.63, 3.8) is 0 Å². The van der Waals surface area contributed by atoms with E-state index in [0.717, 1.165) is 78.3 Å². The number of hydrogen-bond acceptors (Lipinski definition) is 10. The second-order valence-electron chi connectivity index (χ2n) is 9.59. The molecule has 0 aromatic heterocycles. The number of carbonyl (C=O) groups excluding carboxylic acids is 3. The zero-order valence-corrected chi connectivity index (χ0v) is 29.0. The minimum Gasteiger partial charge on any atom is -0.388 e. The highest BCUT2D eigenvalue weighted by molar-refractivity contribution is 6.00. The number of carbonyl (C=O) groups is 3. The molecule has 9 N–H and O–H groups in total. The minimum atomic E-state index is -0.174. The molecule has 0 saturated carbocycles. The van der Waals surface area contributed by atoms with Gasteiger partial charge >= 0.3 is 0 Å². The molecule has 0 saturated heterocycles. The Morgan fingerprint density at radius 2 is 1.20 bits per heavy atom. The molecule has 0 aliphatic carbocycles. The summed E-state index contributed by atoms with van der Waals surface area (Å²) in [6.07, 6.45) is 6.41. The van der Waals surface area contributed by atoms with Crippen LogP contribution in [0.3, 0.4) is 0 Å². The molecule has 13 heteroatoms. The molecule has 0 atom stereocenters. The molecule has 2 aliphatic heterocycles. The summed E-state index contributed by atoms with van der Waals surface area (Å²) < 4.78 is 0. The van der Waals surface area contributed by atoms with Crippen molar-refractivity contribution in [3.05, 3.63) is 83.4 Å². The van der Waals surface area contributed by atoms with Crippen molar-refractivity contribution in [3.8, 4) is 12.3 Å². The highest BCUT2D eigenvalue weighted by atomic mass is 16.1. The molecule has 3 aromatic rings. The summed E-state index contributed by atoms with van der Waals surface area (Å²) in [6, 6.07) is 20.6. The average molecular weight is 671 g/mol. The molecule has 0 fully saturated rings. The molecule has 262 valence electrons. The molecule has 0 radical (unpaired) electrons. The van der Waals surface area contributed by atoms with E-state index in [0.29, 0.717) is 18.4 Å². The van der Waals surface area contributed by atoms with Crippen LogP contribution in [0.1, 0.15) is 42.3 Å². The van der Waals surface area contributed by atoms with Gasteiger partial charge in [0.1, 0.15) is 11.7 Å². The van der Waals surface area contributed by atoms with Crippen LogP contribution in [0.25, 0.3) is 0 Å². The third kappa shape index (κ3) is 15.5. The Balaban J connectivity index is 0.000000345. The van der Waals surface area contributed by atoms with Crippen LogP contribution >= 0.6 is 0 Å². The molecular weight excluding hydrogens is 620 g/mol. The number of benzene rings is 3. The van der Waals surface area contributed by atoms with Gasteiger partial charge in [0.2, 0.25) is 12.8 Å². The average Bonchev–Trinajstić information content (AvgIpc) is 3.89. The second kappa shape index (κ2) is 25.2. The lowest BCUT2D eigenvalue weighted by Crippen LogP contribution is -2.23. The molecule has 0 bridgehead atoms. The van der Waals surface area contributed by atoms with Crippen LogP contribution in [0.2, 0.25) is 0 Å². The minimum absolute atomic E-state index is 0.174. The summed E-state index contributed by atoms with van der Waals surface area (Å²) in [4.78, 5) is 40.6. The third-order valence-electron chi connectivity index (χ3n) is 6.24. The van der Waals surface area contributed by atoms with Gasteiger partial charge in [-0.05, 0) is 73.3 Å². The normalized spacial score (nSPS) is 11.7. The van der Waals surface area contributed by atoms with Crippen LogP contribution in [0, 0.1) is 12.3 Å². The van der Waals surface area contributed by atoms with Crippen LogP contribution < -0.4 is 43.0 Å². The number of terminal acetylenes is 1. The predicted octanol–water partition coefficient (Wildman–Crippen LogP) is 3.33. The zero-order valence-electron chi connectivity index (χ0n) is 29.0. The first kappa shape index (κ1) is 41.2. The van der Waals surface area contributed by atoms with Crippen molar-refractivity contribution in [1.29, 1.82) is 0 Å². The standard InChI is InChI=1S/C12H15N3O.2C10H11N3O.C2H7N.C2H6/c1-4-5-15-12(16)9-6-10(13-2)8-11(7-9)14-3;2*14-7-13-9-3-1-8(2-4-9)10-11-5-6-12-10;1-2-3;1-2/h1,6-8,13-14H,5H2,2-3H3,(H,15,16);2*1-4,7H,5-6H2,(H,11,12)(H,13,14);2-3H2,1H3;1-2H3. The lowest BCUT2D eigenvalue weighted by Gasteiger charge is -2.08. The molecule has 49 heavy (non-hydrogen) atoms. The van der Waals surface area contributed by atoms with Crippen molar-refractivity contribution >= 4 is 53.1 Å². The van der Waals surface area contributed by atoms with Crippen molar-refractivity contribution < 1.29 is 14.4 Å². The van der Waals surface area contributed by atoms with Gasteiger partial charge in [0.25, 0.3) is 5.91 Å². The first-order valence-electron chi connectivity index (χ1n) is 16.0. The van der Waals surface area contributed by atoms with E-state index in [9.17, 15) is 14.4 Å². The number of nitrogens with zero attached hydrogens (tertiary/aromatic N) is 2. The van der Waals surface area contributed by atoms with Crippen LogP contribution in [-0.4, -0.2) is 83.8 Å². The first-order chi connectivity index (χ1) is 23.9. The maximum atomic E-state index is 11.7. The van der Waals surface area contributed by atoms with Crippen molar-refractivity contribution in [2.75, 3.05) is 74.6 Å². The Morgan fingerprint density at radius 3 is 1.51 bits per heavy atom. The molecular formula is C36H50N10O3. The van der Waals surface area contributed by atoms with Crippen LogP contribution in [0.5, 0.6) is 0 Å². The maximum absolute atomic E-state index is 11.7. The molecule has 3 amide bonds. The largest absolute Gasteiger partial charge is 0.388 e. The number of rotatable bonds is 10. The number of amides is 3. The van der Waals surface area contributed by atoms with E-state index in [4.69, 9.17) is 12.2 Å². The molecule has 3 aromatic carbocycles. The monoisotopic (exact) mass is 670 g/mol. The molecule has 13 nitrogen and oxygen atoms in total. The Morgan fingerprint density at radius 1 is 0.796 bits per heavy atom. The number of nitrogens with two attached hydrogens (primary N) is 1. The lowest BCUT2D eigenvalue weighted by molar-refractivity contribution is -0.106. The number of amidine groups is 2. The topological polar surface area (TPSA) is 186 Å². The van der Waals surface area contributed by atoms with E-state index in [1.807, 2.05) is 75.4 Å². The smallest absolute Gasteiger partial charge is 0.252 e. The van der Waals surface area contributed by atoms with E-state index in [1.165, 1.54) is 0 Å². The summed E-state index contributed by atoms with van der Waals surface area (Å²) in [5.41, 5.74) is 10.9. The molecule has 0 unspecified atom stereocenters. The number of nitrogens with one attached hydrogen (secondary N) is 7. The molecule has 2 aliphatic rings. The Labute approximate surface area is 290 Å². The van der Waals surface area contributed by atoms with E-state index >= 15 is 0 Å². The van der Waals surface area contributed by atoms with Gasteiger partial charge in [-0.15, -0.1) is 6.42 Å². The maximum Gasteiger partial charge on any atom is 0.252 e. The predicted molar refractivity (Wildman–Crippen MR) is 204 cm³/mol. The summed E-state index contributed by atoms with van der Waals surface area (Å²) in [7, 11) is 3.61. The lowest BCUT2D eigenvalue weighted by atomic mass is 10.1. The van der Waals surface area contributed by atoms with Crippen molar-refractivity contribution in [2.24, 2.45) is 15.7 Å². The Hall–Kier alpha value is -5.87. The third-order valence-corrected chi connectivity index (χ3v) is 6.24. The Kier molecular flexibility index (Phi) is 21.2. The van der Waals surface area contributed by atoms with Gasteiger partial charge in [-0.1, -0.05) is 26.7 Å². The summed E-state index contributed by atoms with van der Waals surface area (Å²) >= 11 is 0. The van der Waals surface area contributed by atoms with Crippen LogP contribution in [-0.2, 0) is 9.59 Å². The van der Waals surface area contributed by atoms with E-state index < -0.39 is 0 Å². The van der Waals surface area contributed by atoms with Crippen molar-refractivity contribution in [2.45, 2.75) is 20.8 Å². The molecule has 0 spiro atoms. The summed E-state index contributed by atoms with van der Waals surface area (Å²) in [5, 5.41) is 20.1. The molecule has 2 heterocycles. The zero-order chi connectivity index (χ0) is 36.3. The van der Waals surface area contributed by atoms with Gasteiger partial charge in [-0.3, -0.25) is 24.4 Å². The van der Waals surface area contributed by atoms with Gasteiger partial charge in [-0.25, -0.2) is 0 Å². The summed E-state index contributed by atoms with van der Waals surface area (Å²) in [6.45, 7) is 10.4. The first-order valence-corrected chi connectivity index (χ1v) is 16.0. The van der Waals surface area contributed by atoms with E-state index in [1.54, 1.807) is 26.2 Å². The highest BCUT2D eigenvalue weighted by Gasteiger charge is 2.09. The highest BCUT2D eigenvalue weighted by Crippen LogP contribution is 2.18. The number of aliphatic imine (C=N–C) groups is 2. The van der Waals surface area contributed by atoms with Gasteiger partial charge in [0.05, 0.1) is 19.6 Å². The van der Waals surface area contributed by atoms with Gasteiger partial charge < -0.3 is 43.0 Å². The van der Waals surface area contributed by atoms with E-state index in [-0.39, 0.29) is 12.5 Å². The van der Waals surface area contributed by atoms with Crippen LogP contribution in [0.4, 0.5) is 22.7 Å². The van der Waals surface area contributed by atoms with Gasteiger partial charge in [-0.2, -0.15) is 0 Å². The number of anilines is 4. The van der Waals surface area contributed by atoms with Gasteiger partial charge in [0.15, 0.2) is 0 Å². The van der Waals surface area contributed by atoms with E-state index in [2.05, 4.69) is 53.1 Å². The van der Waals surface area contributed by atoms with Crippen molar-refractivity contribution in [1.82, 2.24) is 16.0 Å². The Bertz CT molecular complexity index is 1420. The fraction of sp³-hybridized carbons (Fsp3) is 0.306. The van der Waals surface area contributed by atoms with Crippen LogP contribution in [0.15, 0.2) is 76.7 Å². The quantitative estimate of drug-likeness (QED) is 0.119. The fourth-order valence-electron chi connectivity index (χ4n) is 4.05. The SMILES string of the molecule is C#CCNC(=O)c1cc(NC)cc(NC)c1.CC.CCN.O=CNc1ccc(C2=NCCN2)cc1.O=CNc1ccc(C2=NCCN2)cc1. The molecule has 5 rings (SSSR count). The second-order valence-corrected chi connectivity index (χ2v) is 9.59. The van der Waals surface area contributed by atoms with Gasteiger partial charge in [0, 0.05) is 66.6 Å². The fourth-order valence-corrected chi connectivity index (χ4v) is 4.05. The number of hydrogen-bond donors (Lipinski definition) is 8.